The molecule has 0 aliphatic carbocycles. The van der Waals surface area contributed by atoms with E-state index < -0.39 is 5.97 Å². The third kappa shape index (κ3) is 6.33. The number of ether oxygens (including phenoxy) is 1. The SMILES string of the molecule is Cc1ccc(NC(=O)COc2ccc(Br)cc2CNc2cc(C(=O)O)ccc2C)cc1. The van der Waals surface area contributed by atoms with Gasteiger partial charge in [0.15, 0.2) is 6.61 Å². The first-order valence-corrected chi connectivity index (χ1v) is 10.5. The second-order valence-electron chi connectivity index (χ2n) is 7.14. The van der Waals surface area contributed by atoms with E-state index in [2.05, 4.69) is 26.6 Å². The molecule has 0 atom stereocenters. The van der Waals surface area contributed by atoms with Crippen LogP contribution in [-0.2, 0) is 11.3 Å². The molecule has 0 bridgehead atoms. The maximum atomic E-state index is 12.3. The molecule has 3 aromatic rings. The smallest absolute Gasteiger partial charge is 0.335 e. The van der Waals surface area contributed by atoms with Crippen molar-refractivity contribution in [2.24, 2.45) is 0 Å². The van der Waals surface area contributed by atoms with Crippen LogP contribution in [0.5, 0.6) is 5.75 Å². The standard InChI is InChI=1S/C24H23BrN2O4/c1-15-3-8-20(9-4-15)27-23(28)14-31-22-10-7-19(25)11-18(22)13-26-21-12-17(24(29)30)6-5-16(21)2/h3-12,26H,13-14H2,1-2H3,(H,27,28)(H,29,30). The second-order valence-corrected chi connectivity index (χ2v) is 8.06. The van der Waals surface area contributed by atoms with Gasteiger partial charge >= 0.3 is 5.97 Å². The fraction of sp³-hybridized carbons (Fsp3) is 0.167. The number of nitrogens with one attached hydrogen (secondary N) is 2. The van der Waals surface area contributed by atoms with Gasteiger partial charge in [-0.25, -0.2) is 4.79 Å². The summed E-state index contributed by atoms with van der Waals surface area (Å²) in [5, 5.41) is 15.3. The minimum atomic E-state index is -0.978. The second kappa shape index (κ2) is 10.1. The molecule has 0 spiro atoms. The number of benzene rings is 3. The first-order chi connectivity index (χ1) is 14.8. The van der Waals surface area contributed by atoms with Gasteiger partial charge in [0.1, 0.15) is 5.75 Å². The molecule has 0 aliphatic rings. The van der Waals surface area contributed by atoms with E-state index >= 15 is 0 Å². The van der Waals surface area contributed by atoms with Gasteiger partial charge in [0.05, 0.1) is 5.56 Å². The molecule has 1 amide bonds. The molecule has 31 heavy (non-hydrogen) atoms. The first-order valence-electron chi connectivity index (χ1n) is 9.67. The van der Waals surface area contributed by atoms with Gasteiger partial charge in [-0.05, 0) is 61.9 Å². The van der Waals surface area contributed by atoms with Crippen molar-refractivity contribution in [2.75, 3.05) is 17.2 Å². The Bertz CT molecular complexity index is 1100. The maximum absolute atomic E-state index is 12.3. The summed E-state index contributed by atoms with van der Waals surface area (Å²) in [5.41, 5.74) is 4.53. The topological polar surface area (TPSA) is 87.7 Å². The molecule has 0 saturated heterocycles. The summed E-state index contributed by atoms with van der Waals surface area (Å²) in [6.07, 6.45) is 0. The van der Waals surface area contributed by atoms with Crippen LogP contribution >= 0.6 is 15.9 Å². The molecule has 0 aromatic heterocycles. The van der Waals surface area contributed by atoms with E-state index in [-0.39, 0.29) is 18.1 Å². The molecule has 3 N–H and O–H groups in total. The van der Waals surface area contributed by atoms with E-state index in [4.69, 9.17) is 4.74 Å². The summed E-state index contributed by atoms with van der Waals surface area (Å²) in [7, 11) is 0. The number of aryl methyl sites for hydroxylation is 2. The average molecular weight is 483 g/mol. The highest BCUT2D eigenvalue weighted by Crippen LogP contribution is 2.26. The fourth-order valence-corrected chi connectivity index (χ4v) is 3.35. The Labute approximate surface area is 189 Å². The normalized spacial score (nSPS) is 10.4. The van der Waals surface area contributed by atoms with E-state index in [0.29, 0.717) is 18.0 Å². The van der Waals surface area contributed by atoms with Crippen LogP contribution in [0.15, 0.2) is 65.1 Å². The molecule has 0 heterocycles. The monoisotopic (exact) mass is 482 g/mol. The van der Waals surface area contributed by atoms with Crippen LogP contribution in [0.25, 0.3) is 0 Å². The third-order valence-corrected chi connectivity index (χ3v) is 5.16. The number of anilines is 2. The molecule has 7 heteroatoms. The number of aromatic carboxylic acids is 1. The Hall–Kier alpha value is -3.32. The van der Waals surface area contributed by atoms with Gasteiger partial charge in [0.2, 0.25) is 0 Å². The third-order valence-electron chi connectivity index (χ3n) is 4.67. The van der Waals surface area contributed by atoms with Gasteiger partial charge in [0.25, 0.3) is 5.91 Å². The van der Waals surface area contributed by atoms with Crippen molar-refractivity contribution in [3.63, 3.8) is 0 Å². The number of halogens is 1. The lowest BCUT2D eigenvalue weighted by atomic mass is 10.1. The van der Waals surface area contributed by atoms with Crippen molar-refractivity contribution in [3.05, 3.63) is 87.4 Å². The largest absolute Gasteiger partial charge is 0.483 e. The first kappa shape index (κ1) is 22.4. The number of carbonyl (C=O) groups excluding carboxylic acids is 1. The highest BCUT2D eigenvalue weighted by molar-refractivity contribution is 9.10. The molecular formula is C24H23BrN2O4. The predicted molar refractivity (Wildman–Crippen MR) is 125 cm³/mol. The van der Waals surface area contributed by atoms with Crippen LogP contribution < -0.4 is 15.4 Å². The Morgan fingerprint density at radius 1 is 1.00 bits per heavy atom. The van der Waals surface area contributed by atoms with E-state index in [0.717, 1.165) is 26.9 Å². The lowest BCUT2D eigenvalue weighted by molar-refractivity contribution is -0.118. The molecule has 3 aromatic carbocycles. The molecule has 0 aliphatic heterocycles. The summed E-state index contributed by atoms with van der Waals surface area (Å²) in [5.74, 6) is -0.661. The van der Waals surface area contributed by atoms with E-state index in [9.17, 15) is 14.7 Å². The van der Waals surface area contributed by atoms with Crippen molar-refractivity contribution in [1.29, 1.82) is 0 Å². The molecule has 0 unspecified atom stereocenters. The summed E-state index contributed by atoms with van der Waals surface area (Å²) in [6, 6.07) is 18.0. The zero-order chi connectivity index (χ0) is 22.4. The van der Waals surface area contributed by atoms with E-state index in [1.807, 2.05) is 50.2 Å². The summed E-state index contributed by atoms with van der Waals surface area (Å²) in [4.78, 5) is 23.5. The number of carbonyl (C=O) groups is 2. The fourth-order valence-electron chi connectivity index (χ4n) is 2.94. The Morgan fingerprint density at radius 3 is 2.45 bits per heavy atom. The molecular weight excluding hydrogens is 460 g/mol. The van der Waals surface area contributed by atoms with Crippen LogP contribution in [0, 0.1) is 13.8 Å². The van der Waals surface area contributed by atoms with E-state index in [1.54, 1.807) is 24.3 Å². The number of hydrogen-bond donors (Lipinski definition) is 3. The predicted octanol–water partition coefficient (Wildman–Crippen LogP) is 5.39. The van der Waals surface area contributed by atoms with Gasteiger partial charge in [-0.2, -0.15) is 0 Å². The van der Waals surface area contributed by atoms with Gasteiger partial charge in [-0.1, -0.05) is 39.7 Å². The number of carboxylic acids is 1. The van der Waals surface area contributed by atoms with E-state index in [1.165, 1.54) is 0 Å². The van der Waals surface area contributed by atoms with Crippen LogP contribution in [-0.4, -0.2) is 23.6 Å². The number of rotatable bonds is 8. The summed E-state index contributed by atoms with van der Waals surface area (Å²) >= 11 is 3.46. The molecule has 0 saturated carbocycles. The Balaban J connectivity index is 1.66. The lowest BCUT2D eigenvalue weighted by Crippen LogP contribution is -2.20. The van der Waals surface area contributed by atoms with Gasteiger partial charge in [-0.3, -0.25) is 4.79 Å². The van der Waals surface area contributed by atoms with Crippen molar-refractivity contribution >= 4 is 39.2 Å². The lowest BCUT2D eigenvalue weighted by Gasteiger charge is -2.15. The minimum Gasteiger partial charge on any atom is -0.483 e. The van der Waals surface area contributed by atoms with Gasteiger partial charge in [0, 0.05) is 28.0 Å². The van der Waals surface area contributed by atoms with Crippen molar-refractivity contribution < 1.29 is 19.4 Å². The minimum absolute atomic E-state index is 0.129. The Kier molecular flexibility index (Phi) is 7.31. The van der Waals surface area contributed by atoms with Crippen LogP contribution in [0.3, 0.4) is 0 Å². The Morgan fingerprint density at radius 2 is 1.74 bits per heavy atom. The number of amides is 1. The van der Waals surface area contributed by atoms with Gasteiger partial charge < -0.3 is 20.5 Å². The average Bonchev–Trinajstić information content (AvgIpc) is 2.74. The molecule has 0 fully saturated rings. The zero-order valence-electron chi connectivity index (χ0n) is 17.2. The summed E-state index contributed by atoms with van der Waals surface area (Å²) in [6.45, 7) is 4.16. The molecule has 3 rings (SSSR count). The number of carboxylic acid groups (broad SMARTS) is 1. The van der Waals surface area contributed by atoms with Crippen molar-refractivity contribution in [2.45, 2.75) is 20.4 Å². The van der Waals surface area contributed by atoms with Crippen molar-refractivity contribution in [3.8, 4) is 5.75 Å². The highest BCUT2D eigenvalue weighted by Gasteiger charge is 2.10. The van der Waals surface area contributed by atoms with Gasteiger partial charge in [-0.15, -0.1) is 0 Å². The quantitative estimate of drug-likeness (QED) is 0.400. The highest BCUT2D eigenvalue weighted by atomic mass is 79.9. The summed E-state index contributed by atoms with van der Waals surface area (Å²) < 4.78 is 6.64. The van der Waals surface area contributed by atoms with Crippen LogP contribution in [0.1, 0.15) is 27.0 Å². The molecule has 6 nitrogen and oxygen atoms in total. The van der Waals surface area contributed by atoms with Crippen LogP contribution in [0.2, 0.25) is 0 Å². The van der Waals surface area contributed by atoms with Crippen LogP contribution in [0.4, 0.5) is 11.4 Å². The zero-order valence-corrected chi connectivity index (χ0v) is 18.8. The molecule has 160 valence electrons. The maximum Gasteiger partial charge on any atom is 0.335 e. The van der Waals surface area contributed by atoms with Crippen molar-refractivity contribution in [1.82, 2.24) is 0 Å². The molecule has 0 radical (unpaired) electrons. The number of hydrogen-bond acceptors (Lipinski definition) is 4.